The second-order valence-electron chi connectivity index (χ2n) is 7.18. The van der Waals surface area contributed by atoms with Gasteiger partial charge in [0.2, 0.25) is 10.0 Å². The van der Waals surface area contributed by atoms with Gasteiger partial charge in [-0.15, -0.1) is 0 Å². The number of piperazine rings is 1. The summed E-state index contributed by atoms with van der Waals surface area (Å²) in [6.45, 7) is 7.38. The van der Waals surface area contributed by atoms with Crippen LogP contribution in [-0.2, 0) is 14.8 Å². The van der Waals surface area contributed by atoms with Crippen LogP contribution in [0.1, 0.15) is 24.2 Å². The second kappa shape index (κ2) is 7.64. The van der Waals surface area contributed by atoms with Crippen molar-refractivity contribution >= 4 is 15.9 Å². The van der Waals surface area contributed by atoms with E-state index >= 15 is 0 Å². The molecule has 2 fully saturated rings. The Morgan fingerprint density at radius 1 is 1.00 bits per heavy atom. The quantitative estimate of drug-likeness (QED) is 0.777. The Labute approximate surface area is 155 Å². The van der Waals surface area contributed by atoms with Gasteiger partial charge in [-0.2, -0.15) is 4.31 Å². The number of sulfonamides is 1. The van der Waals surface area contributed by atoms with Crippen molar-refractivity contribution in [3.8, 4) is 0 Å². The van der Waals surface area contributed by atoms with Gasteiger partial charge in [0.05, 0.1) is 30.2 Å². The first-order valence-corrected chi connectivity index (χ1v) is 10.4. The molecular weight excluding hydrogens is 354 g/mol. The number of ether oxygens (including phenoxy) is 1. The molecule has 26 heavy (non-hydrogen) atoms. The lowest BCUT2D eigenvalue weighted by Crippen LogP contribution is -2.52. The van der Waals surface area contributed by atoms with Crippen LogP contribution in [0, 0.1) is 0 Å². The van der Waals surface area contributed by atoms with Crippen LogP contribution >= 0.6 is 0 Å². The SMILES string of the molecule is CC1COCC(C)N1C(=O)c1ccc(S(=O)(=O)N2CCN(C)CC2)cc1. The maximum absolute atomic E-state index is 12.8. The van der Waals surface area contributed by atoms with Crippen LogP contribution in [0.5, 0.6) is 0 Å². The predicted molar refractivity (Wildman–Crippen MR) is 98.6 cm³/mol. The van der Waals surface area contributed by atoms with E-state index in [1.165, 1.54) is 16.4 Å². The van der Waals surface area contributed by atoms with Crippen LogP contribution in [0.4, 0.5) is 0 Å². The first kappa shape index (κ1) is 19.3. The Bertz CT molecular complexity index is 732. The number of rotatable bonds is 3. The molecule has 0 spiro atoms. The predicted octanol–water partition coefficient (Wildman–Crippen LogP) is 0.872. The van der Waals surface area contributed by atoms with E-state index in [9.17, 15) is 13.2 Å². The number of nitrogens with zero attached hydrogens (tertiary/aromatic N) is 3. The number of likely N-dealkylation sites (N-methyl/N-ethyl adjacent to an activating group) is 1. The summed E-state index contributed by atoms with van der Waals surface area (Å²) in [4.78, 5) is 17.0. The molecule has 0 saturated carbocycles. The van der Waals surface area contributed by atoms with Crippen molar-refractivity contribution in [2.75, 3.05) is 46.4 Å². The van der Waals surface area contributed by atoms with Crippen molar-refractivity contribution in [3.63, 3.8) is 0 Å². The number of carbonyl (C=O) groups excluding carboxylic acids is 1. The first-order valence-electron chi connectivity index (χ1n) is 9.00. The van der Waals surface area contributed by atoms with Crippen LogP contribution in [-0.4, -0.2) is 87.0 Å². The number of hydrogen-bond donors (Lipinski definition) is 0. The van der Waals surface area contributed by atoms with Crippen LogP contribution in [0.25, 0.3) is 0 Å². The van der Waals surface area contributed by atoms with E-state index in [4.69, 9.17) is 4.74 Å². The van der Waals surface area contributed by atoms with Crippen molar-refractivity contribution in [3.05, 3.63) is 29.8 Å². The van der Waals surface area contributed by atoms with E-state index in [0.29, 0.717) is 31.9 Å². The molecule has 2 heterocycles. The minimum atomic E-state index is -3.51. The third kappa shape index (κ3) is 3.78. The molecule has 0 bridgehead atoms. The van der Waals surface area contributed by atoms with Gasteiger partial charge in [0.15, 0.2) is 0 Å². The molecule has 7 nitrogen and oxygen atoms in total. The minimum absolute atomic E-state index is 0.00000116. The summed E-state index contributed by atoms with van der Waals surface area (Å²) < 4.78 is 32.5. The second-order valence-corrected chi connectivity index (χ2v) is 9.12. The molecule has 0 aliphatic carbocycles. The number of carbonyl (C=O) groups is 1. The Hall–Kier alpha value is -1.48. The van der Waals surface area contributed by atoms with Gasteiger partial charge >= 0.3 is 0 Å². The molecule has 8 heteroatoms. The monoisotopic (exact) mass is 381 g/mol. The van der Waals surface area contributed by atoms with Gasteiger partial charge in [0, 0.05) is 31.7 Å². The van der Waals surface area contributed by atoms with Crippen LogP contribution in [0.3, 0.4) is 0 Å². The van der Waals surface area contributed by atoms with Gasteiger partial charge in [-0.25, -0.2) is 8.42 Å². The van der Waals surface area contributed by atoms with E-state index in [0.717, 1.165) is 13.1 Å². The van der Waals surface area contributed by atoms with Gasteiger partial charge in [-0.1, -0.05) is 0 Å². The standard InChI is InChI=1S/C18H27N3O4S/c1-14-12-25-13-15(2)21(14)18(22)16-4-6-17(7-5-16)26(23,24)20-10-8-19(3)9-11-20/h4-7,14-15H,8-13H2,1-3H3. The topological polar surface area (TPSA) is 70.2 Å². The summed E-state index contributed by atoms with van der Waals surface area (Å²) in [6.07, 6.45) is 0. The van der Waals surface area contributed by atoms with Crippen molar-refractivity contribution in [2.24, 2.45) is 0 Å². The highest BCUT2D eigenvalue weighted by atomic mass is 32.2. The highest BCUT2D eigenvalue weighted by Gasteiger charge is 2.31. The average Bonchev–Trinajstić information content (AvgIpc) is 2.62. The van der Waals surface area contributed by atoms with E-state index < -0.39 is 10.0 Å². The third-order valence-electron chi connectivity index (χ3n) is 5.10. The molecule has 3 rings (SSSR count). The molecule has 0 radical (unpaired) electrons. The molecule has 2 aliphatic heterocycles. The smallest absolute Gasteiger partial charge is 0.254 e. The largest absolute Gasteiger partial charge is 0.377 e. The van der Waals surface area contributed by atoms with Crippen LogP contribution in [0.15, 0.2) is 29.2 Å². The van der Waals surface area contributed by atoms with Crippen molar-refractivity contribution in [2.45, 2.75) is 30.8 Å². The Morgan fingerprint density at radius 3 is 2.08 bits per heavy atom. The summed E-state index contributed by atoms with van der Waals surface area (Å²) in [5.41, 5.74) is 0.503. The fourth-order valence-corrected chi connectivity index (χ4v) is 4.92. The summed E-state index contributed by atoms with van der Waals surface area (Å²) in [7, 11) is -1.53. The fraction of sp³-hybridized carbons (Fsp3) is 0.611. The third-order valence-corrected chi connectivity index (χ3v) is 7.02. The lowest BCUT2D eigenvalue weighted by molar-refractivity contribution is -0.0249. The molecule has 0 N–H and O–H groups in total. The molecule has 1 aromatic carbocycles. The minimum Gasteiger partial charge on any atom is -0.377 e. The van der Waals surface area contributed by atoms with Crippen molar-refractivity contribution in [1.82, 2.24) is 14.1 Å². The molecule has 2 aliphatic rings. The Morgan fingerprint density at radius 2 is 1.54 bits per heavy atom. The molecule has 2 saturated heterocycles. The maximum atomic E-state index is 12.8. The zero-order chi connectivity index (χ0) is 18.9. The van der Waals surface area contributed by atoms with Gasteiger partial charge in [0.1, 0.15) is 0 Å². The first-order chi connectivity index (χ1) is 12.3. The van der Waals surface area contributed by atoms with Crippen molar-refractivity contribution in [1.29, 1.82) is 0 Å². The Kier molecular flexibility index (Phi) is 5.67. The molecule has 144 valence electrons. The van der Waals surface area contributed by atoms with E-state index in [-0.39, 0.29) is 22.9 Å². The zero-order valence-corrected chi connectivity index (χ0v) is 16.4. The molecular formula is C18H27N3O4S. The summed E-state index contributed by atoms with van der Waals surface area (Å²) >= 11 is 0. The maximum Gasteiger partial charge on any atom is 0.254 e. The molecule has 2 atom stereocenters. The number of hydrogen-bond acceptors (Lipinski definition) is 5. The lowest BCUT2D eigenvalue weighted by atomic mass is 10.1. The summed E-state index contributed by atoms with van der Waals surface area (Å²) in [5, 5.41) is 0. The van der Waals surface area contributed by atoms with Gasteiger partial charge in [-0.3, -0.25) is 4.79 Å². The van der Waals surface area contributed by atoms with Crippen molar-refractivity contribution < 1.29 is 17.9 Å². The van der Waals surface area contributed by atoms with Crippen LogP contribution < -0.4 is 0 Å². The fourth-order valence-electron chi connectivity index (χ4n) is 3.50. The average molecular weight is 381 g/mol. The molecule has 2 unspecified atom stereocenters. The van der Waals surface area contributed by atoms with E-state index in [2.05, 4.69) is 4.90 Å². The number of morpholine rings is 1. The normalized spacial score (nSPS) is 26.0. The lowest BCUT2D eigenvalue weighted by Gasteiger charge is -2.38. The van der Waals surface area contributed by atoms with Crippen LogP contribution in [0.2, 0.25) is 0 Å². The summed E-state index contributed by atoms with van der Waals surface area (Å²) in [5.74, 6) is -0.0863. The molecule has 0 aromatic heterocycles. The number of benzene rings is 1. The van der Waals surface area contributed by atoms with E-state index in [1.807, 2.05) is 25.8 Å². The summed E-state index contributed by atoms with van der Waals surface area (Å²) in [6, 6.07) is 6.30. The van der Waals surface area contributed by atoms with E-state index in [1.54, 1.807) is 12.1 Å². The van der Waals surface area contributed by atoms with Gasteiger partial charge in [0.25, 0.3) is 5.91 Å². The molecule has 1 aromatic rings. The van der Waals surface area contributed by atoms with Gasteiger partial charge in [-0.05, 0) is 45.2 Å². The highest BCUT2D eigenvalue weighted by Crippen LogP contribution is 2.21. The highest BCUT2D eigenvalue weighted by molar-refractivity contribution is 7.89. The Balaban J connectivity index is 1.76. The molecule has 1 amide bonds. The number of amides is 1. The zero-order valence-electron chi connectivity index (χ0n) is 15.6. The van der Waals surface area contributed by atoms with Gasteiger partial charge < -0.3 is 14.5 Å².